The van der Waals surface area contributed by atoms with Crippen LogP contribution in [0, 0.1) is 5.92 Å². The Morgan fingerprint density at radius 1 is 1.89 bits per heavy atom. The molecule has 2 atom stereocenters. The van der Waals surface area contributed by atoms with Crippen LogP contribution in [0.2, 0.25) is 0 Å². The van der Waals surface area contributed by atoms with Crippen LogP contribution in [0.5, 0.6) is 0 Å². The van der Waals surface area contributed by atoms with Crippen LogP contribution in [0.25, 0.3) is 0 Å². The summed E-state index contributed by atoms with van der Waals surface area (Å²) < 4.78 is 0. The van der Waals surface area contributed by atoms with E-state index in [0.717, 1.165) is 6.42 Å². The molecule has 0 heterocycles. The number of carboxylic acid groups (broad SMARTS) is 1. The highest BCUT2D eigenvalue weighted by Crippen LogP contribution is 2.42. The third-order valence-electron chi connectivity index (χ3n) is 2.14. The fraction of sp³-hybridized carbons (Fsp3) is 0.833. The van der Waals surface area contributed by atoms with Crippen molar-refractivity contribution in [2.24, 2.45) is 5.92 Å². The van der Waals surface area contributed by atoms with E-state index in [1.54, 1.807) is 7.05 Å². The van der Waals surface area contributed by atoms with Gasteiger partial charge in [0.2, 0.25) is 0 Å². The van der Waals surface area contributed by atoms with Crippen LogP contribution >= 0.6 is 0 Å². The molecule has 1 fully saturated rings. The summed E-state index contributed by atoms with van der Waals surface area (Å²) in [7, 11) is 1.69. The maximum Gasteiger partial charge on any atom is 0.324 e. The van der Waals surface area contributed by atoms with Gasteiger partial charge in [0.25, 0.3) is 0 Å². The number of carboxylic acids is 1. The van der Waals surface area contributed by atoms with Crippen LogP contribution in [-0.4, -0.2) is 23.7 Å². The zero-order chi connectivity index (χ0) is 7.07. The molecular weight excluding hydrogens is 118 g/mol. The number of aliphatic carboxylic acids is 1. The van der Waals surface area contributed by atoms with Crippen molar-refractivity contribution in [3.8, 4) is 0 Å². The molecule has 3 nitrogen and oxygen atoms in total. The van der Waals surface area contributed by atoms with E-state index in [2.05, 4.69) is 5.32 Å². The summed E-state index contributed by atoms with van der Waals surface area (Å²) in [6, 6.07) is 0. The van der Waals surface area contributed by atoms with E-state index in [1.165, 1.54) is 0 Å². The monoisotopic (exact) mass is 129 g/mol. The molecule has 2 N–H and O–H groups in total. The first-order valence-corrected chi connectivity index (χ1v) is 3.06. The van der Waals surface area contributed by atoms with Gasteiger partial charge in [0, 0.05) is 0 Å². The van der Waals surface area contributed by atoms with E-state index < -0.39 is 11.5 Å². The molecule has 0 amide bonds. The molecule has 3 heteroatoms. The lowest BCUT2D eigenvalue weighted by Crippen LogP contribution is -2.38. The molecular formula is C6H11NO2. The maximum absolute atomic E-state index is 10.5. The third kappa shape index (κ3) is 0.721. The Bertz CT molecular complexity index is 142. The standard InChI is InChI=1S/C6H11NO2/c1-4-3-6(4,7-2)5(8)9/h4,7H,3H2,1-2H3,(H,8,9)/t4-,6-/m0/s1. The van der Waals surface area contributed by atoms with Gasteiger partial charge in [0.1, 0.15) is 5.54 Å². The third-order valence-corrected chi connectivity index (χ3v) is 2.14. The van der Waals surface area contributed by atoms with Crippen LogP contribution in [0.1, 0.15) is 13.3 Å². The summed E-state index contributed by atoms with van der Waals surface area (Å²) >= 11 is 0. The quantitative estimate of drug-likeness (QED) is 0.554. The highest BCUT2D eigenvalue weighted by molar-refractivity contribution is 5.83. The Balaban J connectivity index is 2.62. The fourth-order valence-corrected chi connectivity index (χ4v) is 1.18. The van der Waals surface area contributed by atoms with Crippen LogP contribution < -0.4 is 5.32 Å². The molecule has 0 aliphatic heterocycles. The molecule has 0 spiro atoms. The lowest BCUT2D eigenvalue weighted by Gasteiger charge is -2.07. The minimum atomic E-state index is -0.725. The van der Waals surface area contributed by atoms with Crippen molar-refractivity contribution in [3.63, 3.8) is 0 Å². The fourth-order valence-electron chi connectivity index (χ4n) is 1.18. The minimum absolute atomic E-state index is 0.292. The van der Waals surface area contributed by atoms with E-state index >= 15 is 0 Å². The second-order valence-electron chi connectivity index (χ2n) is 2.63. The van der Waals surface area contributed by atoms with Gasteiger partial charge in [0.05, 0.1) is 0 Å². The van der Waals surface area contributed by atoms with Gasteiger partial charge >= 0.3 is 5.97 Å². The predicted molar refractivity (Wildman–Crippen MR) is 33.2 cm³/mol. The van der Waals surface area contributed by atoms with Crippen molar-refractivity contribution in [1.82, 2.24) is 5.32 Å². The van der Waals surface area contributed by atoms with Crippen LogP contribution in [-0.2, 0) is 4.79 Å². The Morgan fingerprint density at radius 3 is 2.33 bits per heavy atom. The Morgan fingerprint density at radius 2 is 2.33 bits per heavy atom. The van der Waals surface area contributed by atoms with Crippen LogP contribution in [0.3, 0.4) is 0 Å². The molecule has 0 unspecified atom stereocenters. The van der Waals surface area contributed by atoms with Gasteiger partial charge in [-0.15, -0.1) is 0 Å². The number of carbonyl (C=O) groups is 1. The predicted octanol–water partition coefficient (Wildman–Crippen LogP) is 0.0690. The first kappa shape index (κ1) is 6.55. The van der Waals surface area contributed by atoms with Gasteiger partial charge in [-0.25, -0.2) is 0 Å². The van der Waals surface area contributed by atoms with Crippen molar-refractivity contribution in [3.05, 3.63) is 0 Å². The van der Waals surface area contributed by atoms with E-state index in [0.29, 0.717) is 5.92 Å². The highest BCUT2D eigenvalue weighted by atomic mass is 16.4. The molecule has 0 radical (unpaired) electrons. The Hall–Kier alpha value is -0.570. The highest BCUT2D eigenvalue weighted by Gasteiger charge is 2.56. The molecule has 0 aromatic heterocycles. The Labute approximate surface area is 54.1 Å². The molecule has 0 saturated heterocycles. The zero-order valence-corrected chi connectivity index (χ0v) is 5.64. The van der Waals surface area contributed by atoms with Crippen molar-refractivity contribution >= 4 is 5.97 Å². The molecule has 1 rings (SSSR count). The van der Waals surface area contributed by atoms with Gasteiger partial charge in [-0.3, -0.25) is 4.79 Å². The van der Waals surface area contributed by atoms with Gasteiger partial charge in [-0.2, -0.15) is 0 Å². The molecule has 52 valence electrons. The summed E-state index contributed by atoms with van der Waals surface area (Å²) in [5.41, 5.74) is -0.583. The number of likely N-dealkylation sites (N-methyl/N-ethyl adjacent to an activating group) is 1. The van der Waals surface area contributed by atoms with Gasteiger partial charge in [-0.05, 0) is 19.4 Å². The van der Waals surface area contributed by atoms with Crippen LogP contribution in [0.15, 0.2) is 0 Å². The second-order valence-corrected chi connectivity index (χ2v) is 2.63. The Kier molecular flexibility index (Phi) is 1.24. The number of hydrogen-bond donors (Lipinski definition) is 2. The van der Waals surface area contributed by atoms with Gasteiger partial charge < -0.3 is 10.4 Å². The van der Waals surface area contributed by atoms with Crippen LogP contribution in [0.4, 0.5) is 0 Å². The van der Waals surface area contributed by atoms with Crippen molar-refractivity contribution < 1.29 is 9.90 Å². The number of hydrogen-bond acceptors (Lipinski definition) is 2. The molecule has 0 bridgehead atoms. The van der Waals surface area contributed by atoms with Gasteiger partial charge in [0.15, 0.2) is 0 Å². The molecule has 1 saturated carbocycles. The second kappa shape index (κ2) is 1.70. The van der Waals surface area contributed by atoms with Crippen molar-refractivity contribution in [1.29, 1.82) is 0 Å². The topological polar surface area (TPSA) is 49.3 Å². The molecule has 0 aromatic rings. The van der Waals surface area contributed by atoms with E-state index in [4.69, 9.17) is 5.11 Å². The van der Waals surface area contributed by atoms with Crippen molar-refractivity contribution in [2.45, 2.75) is 18.9 Å². The summed E-state index contributed by atoms with van der Waals surface area (Å²) in [6.07, 6.45) is 0.763. The number of rotatable bonds is 2. The van der Waals surface area contributed by atoms with Crippen molar-refractivity contribution in [2.75, 3.05) is 7.05 Å². The average molecular weight is 129 g/mol. The lowest BCUT2D eigenvalue weighted by molar-refractivity contribution is -0.140. The first-order chi connectivity index (χ1) is 4.13. The van der Waals surface area contributed by atoms with E-state index in [9.17, 15) is 4.79 Å². The molecule has 1 aliphatic carbocycles. The summed E-state index contributed by atoms with van der Waals surface area (Å²) in [4.78, 5) is 10.5. The summed E-state index contributed by atoms with van der Waals surface area (Å²) in [5, 5.41) is 11.4. The normalized spacial score (nSPS) is 40.4. The molecule has 1 aliphatic rings. The minimum Gasteiger partial charge on any atom is -0.480 e. The van der Waals surface area contributed by atoms with E-state index in [-0.39, 0.29) is 0 Å². The smallest absolute Gasteiger partial charge is 0.324 e. The summed E-state index contributed by atoms with van der Waals surface area (Å²) in [6.45, 7) is 1.94. The first-order valence-electron chi connectivity index (χ1n) is 3.06. The zero-order valence-electron chi connectivity index (χ0n) is 5.64. The van der Waals surface area contributed by atoms with Gasteiger partial charge in [-0.1, -0.05) is 6.92 Å². The average Bonchev–Trinajstić information content (AvgIpc) is 2.43. The SMILES string of the molecule is CN[C@@]1(C(=O)O)C[C@@H]1C. The largest absolute Gasteiger partial charge is 0.480 e. The molecule has 0 aromatic carbocycles. The van der Waals surface area contributed by atoms with E-state index in [1.807, 2.05) is 6.92 Å². The maximum atomic E-state index is 10.5. The molecule has 9 heavy (non-hydrogen) atoms. The summed E-state index contributed by atoms with van der Waals surface area (Å²) in [5.74, 6) is -0.433. The number of nitrogens with one attached hydrogen (secondary N) is 1. The lowest BCUT2D eigenvalue weighted by atomic mass is 10.2.